The molecule has 2 N–H and O–H groups in total. The standard InChI is InChI=1S/C26H25N3O2/c30-26(28-25-15-17-11-13-29(25)14-12-17)24-10-9-23(31-24)19-7-5-18(6-8-19)22-16-20-3-1-2-4-21(20)27-22/h1-10,16-17,25,27H,11-15H2,(H,28,30). The number of furan rings is 1. The minimum atomic E-state index is -0.126. The second-order valence-electron chi connectivity index (χ2n) is 8.72. The van der Waals surface area contributed by atoms with Crippen LogP contribution in [0.2, 0.25) is 0 Å². The second-order valence-corrected chi connectivity index (χ2v) is 8.72. The maximum Gasteiger partial charge on any atom is 0.288 e. The van der Waals surface area contributed by atoms with E-state index < -0.39 is 0 Å². The van der Waals surface area contributed by atoms with E-state index in [2.05, 4.69) is 45.5 Å². The van der Waals surface area contributed by atoms with Crippen LogP contribution < -0.4 is 5.32 Å². The van der Waals surface area contributed by atoms with E-state index in [-0.39, 0.29) is 12.1 Å². The van der Waals surface area contributed by atoms with Gasteiger partial charge in [-0.15, -0.1) is 0 Å². The van der Waals surface area contributed by atoms with Crippen molar-refractivity contribution in [1.29, 1.82) is 0 Å². The first-order valence-corrected chi connectivity index (χ1v) is 11.1. The third-order valence-electron chi connectivity index (χ3n) is 6.78. The number of hydrogen-bond acceptors (Lipinski definition) is 3. The average Bonchev–Trinajstić information content (AvgIpc) is 3.48. The first-order chi connectivity index (χ1) is 15.2. The zero-order valence-corrected chi connectivity index (χ0v) is 17.3. The van der Waals surface area contributed by atoms with E-state index in [1.807, 2.05) is 30.3 Å². The number of rotatable bonds is 4. The number of nitrogens with zero attached hydrogens (tertiary/aromatic N) is 1. The summed E-state index contributed by atoms with van der Waals surface area (Å²) in [4.78, 5) is 18.6. The molecular formula is C26H25N3O2. The van der Waals surface area contributed by atoms with E-state index in [1.54, 1.807) is 6.07 Å². The second kappa shape index (κ2) is 7.43. The molecule has 5 heterocycles. The minimum Gasteiger partial charge on any atom is -0.451 e. The van der Waals surface area contributed by atoms with Crippen molar-refractivity contribution in [2.45, 2.75) is 25.4 Å². The zero-order chi connectivity index (χ0) is 20.8. The van der Waals surface area contributed by atoms with Crippen LogP contribution in [0, 0.1) is 5.92 Å². The summed E-state index contributed by atoms with van der Waals surface area (Å²) in [6.07, 6.45) is 3.70. The molecule has 5 heteroatoms. The van der Waals surface area contributed by atoms with Crippen LogP contribution in [0.1, 0.15) is 29.8 Å². The van der Waals surface area contributed by atoms with Crippen LogP contribution in [0.25, 0.3) is 33.5 Å². The molecule has 1 amide bonds. The number of aromatic amines is 1. The van der Waals surface area contributed by atoms with Crippen LogP contribution in [-0.2, 0) is 0 Å². The van der Waals surface area contributed by atoms with Crippen molar-refractivity contribution in [3.63, 3.8) is 0 Å². The first kappa shape index (κ1) is 18.5. The normalized spacial score (nSPS) is 22.6. The Kier molecular flexibility index (Phi) is 4.42. The van der Waals surface area contributed by atoms with Gasteiger partial charge in [-0.3, -0.25) is 9.69 Å². The number of piperidine rings is 3. The van der Waals surface area contributed by atoms with Crippen molar-refractivity contribution in [2.24, 2.45) is 5.92 Å². The van der Waals surface area contributed by atoms with E-state index in [1.165, 1.54) is 18.2 Å². The highest BCUT2D eigenvalue weighted by Crippen LogP contribution is 2.31. The van der Waals surface area contributed by atoms with Crippen molar-refractivity contribution < 1.29 is 9.21 Å². The molecular weight excluding hydrogens is 386 g/mol. The summed E-state index contributed by atoms with van der Waals surface area (Å²) in [5.41, 5.74) is 4.29. The van der Waals surface area contributed by atoms with Crippen LogP contribution in [0.15, 0.2) is 71.1 Å². The number of hydrogen-bond donors (Lipinski definition) is 2. The third kappa shape index (κ3) is 3.45. The fourth-order valence-electron chi connectivity index (χ4n) is 5.00. The van der Waals surface area contributed by atoms with Gasteiger partial charge in [0.1, 0.15) is 5.76 Å². The van der Waals surface area contributed by atoms with Crippen LogP contribution in [-0.4, -0.2) is 35.0 Å². The quantitative estimate of drug-likeness (QED) is 0.481. The lowest BCUT2D eigenvalue weighted by atomic mass is 9.86. The molecule has 4 aromatic rings. The number of amides is 1. The van der Waals surface area contributed by atoms with Gasteiger partial charge < -0.3 is 14.7 Å². The smallest absolute Gasteiger partial charge is 0.288 e. The molecule has 3 aliphatic rings. The van der Waals surface area contributed by atoms with Gasteiger partial charge in [0.2, 0.25) is 0 Å². The Morgan fingerprint density at radius 3 is 2.48 bits per heavy atom. The Labute approximate surface area is 181 Å². The summed E-state index contributed by atoms with van der Waals surface area (Å²) in [5, 5.41) is 4.36. The molecule has 2 aromatic heterocycles. The maximum absolute atomic E-state index is 12.7. The number of carbonyl (C=O) groups is 1. The SMILES string of the molecule is O=C(NC1CC2CCN1CC2)c1ccc(-c2ccc(-c3cc4ccccc4[nH]3)cc2)o1. The Bertz CT molecular complexity index is 1200. The van der Waals surface area contributed by atoms with Gasteiger partial charge in [-0.1, -0.05) is 42.5 Å². The lowest BCUT2D eigenvalue weighted by Gasteiger charge is -2.45. The molecule has 0 spiro atoms. The Morgan fingerprint density at radius 1 is 0.968 bits per heavy atom. The van der Waals surface area contributed by atoms with Gasteiger partial charge in [0, 0.05) is 35.2 Å². The largest absolute Gasteiger partial charge is 0.451 e. The number of H-pyrrole nitrogens is 1. The molecule has 156 valence electrons. The van der Waals surface area contributed by atoms with Gasteiger partial charge >= 0.3 is 0 Å². The minimum absolute atomic E-state index is 0.126. The summed E-state index contributed by atoms with van der Waals surface area (Å²) < 4.78 is 5.91. The predicted octanol–water partition coefficient (Wildman–Crippen LogP) is 5.27. The molecule has 2 bridgehead atoms. The molecule has 0 saturated carbocycles. The maximum atomic E-state index is 12.7. The molecule has 1 unspecified atom stereocenters. The summed E-state index contributed by atoms with van der Waals surface area (Å²) in [6.45, 7) is 2.17. The Hall–Kier alpha value is -3.31. The molecule has 3 aliphatic heterocycles. The number of para-hydroxylation sites is 1. The molecule has 2 aromatic carbocycles. The van der Waals surface area contributed by atoms with Gasteiger partial charge in [-0.2, -0.15) is 0 Å². The number of aromatic nitrogens is 1. The number of benzene rings is 2. The molecule has 3 fully saturated rings. The predicted molar refractivity (Wildman–Crippen MR) is 122 cm³/mol. The van der Waals surface area contributed by atoms with Gasteiger partial charge in [0.15, 0.2) is 5.76 Å². The fraction of sp³-hybridized carbons (Fsp3) is 0.269. The number of fused-ring (bicyclic) bond motifs is 4. The highest BCUT2D eigenvalue weighted by molar-refractivity contribution is 5.92. The van der Waals surface area contributed by atoms with E-state index in [0.29, 0.717) is 11.5 Å². The van der Waals surface area contributed by atoms with Crippen LogP contribution in [0.5, 0.6) is 0 Å². The lowest BCUT2D eigenvalue weighted by Crippen LogP contribution is -2.56. The van der Waals surface area contributed by atoms with Crippen molar-refractivity contribution in [3.05, 3.63) is 72.5 Å². The Balaban J connectivity index is 1.17. The van der Waals surface area contributed by atoms with E-state index >= 15 is 0 Å². The Morgan fingerprint density at radius 2 is 1.74 bits per heavy atom. The number of nitrogens with one attached hydrogen (secondary N) is 2. The van der Waals surface area contributed by atoms with Gasteiger partial charge in [0.05, 0.1) is 6.17 Å². The van der Waals surface area contributed by atoms with E-state index in [9.17, 15) is 4.79 Å². The van der Waals surface area contributed by atoms with Crippen molar-refractivity contribution in [3.8, 4) is 22.6 Å². The molecule has 0 aliphatic carbocycles. The molecule has 5 nitrogen and oxygen atoms in total. The monoisotopic (exact) mass is 411 g/mol. The molecule has 31 heavy (non-hydrogen) atoms. The van der Waals surface area contributed by atoms with Gasteiger partial charge in [-0.05, 0) is 55.0 Å². The highest BCUT2D eigenvalue weighted by Gasteiger charge is 2.34. The van der Waals surface area contributed by atoms with Crippen LogP contribution in [0.3, 0.4) is 0 Å². The van der Waals surface area contributed by atoms with Gasteiger partial charge in [0.25, 0.3) is 5.91 Å². The molecule has 7 rings (SSSR count). The van der Waals surface area contributed by atoms with Crippen LogP contribution >= 0.6 is 0 Å². The number of carbonyl (C=O) groups excluding carboxylic acids is 1. The summed E-state index contributed by atoms with van der Waals surface area (Å²) in [5.74, 6) is 1.70. The third-order valence-corrected chi connectivity index (χ3v) is 6.78. The lowest BCUT2D eigenvalue weighted by molar-refractivity contribution is 0.0286. The molecule has 3 saturated heterocycles. The summed E-state index contributed by atoms with van der Waals surface area (Å²) in [6, 6.07) is 22.3. The topological polar surface area (TPSA) is 61.3 Å². The average molecular weight is 412 g/mol. The highest BCUT2D eigenvalue weighted by atomic mass is 16.3. The van der Waals surface area contributed by atoms with Crippen molar-refractivity contribution in [2.75, 3.05) is 13.1 Å². The van der Waals surface area contributed by atoms with E-state index in [0.717, 1.165) is 47.8 Å². The summed E-state index contributed by atoms with van der Waals surface area (Å²) >= 11 is 0. The van der Waals surface area contributed by atoms with Crippen molar-refractivity contribution in [1.82, 2.24) is 15.2 Å². The first-order valence-electron chi connectivity index (χ1n) is 11.1. The zero-order valence-electron chi connectivity index (χ0n) is 17.3. The summed E-state index contributed by atoms with van der Waals surface area (Å²) in [7, 11) is 0. The van der Waals surface area contributed by atoms with Crippen LogP contribution in [0.4, 0.5) is 0 Å². The fourth-order valence-corrected chi connectivity index (χ4v) is 5.00. The molecule has 1 atom stereocenters. The van der Waals surface area contributed by atoms with Gasteiger partial charge in [-0.25, -0.2) is 0 Å². The van der Waals surface area contributed by atoms with Crippen molar-refractivity contribution >= 4 is 16.8 Å². The van der Waals surface area contributed by atoms with E-state index in [4.69, 9.17) is 4.42 Å². The molecule has 0 radical (unpaired) electrons.